The first kappa shape index (κ1) is 15.3. The van der Waals surface area contributed by atoms with E-state index < -0.39 is 11.2 Å². The Morgan fingerprint density at radius 2 is 2.10 bits per heavy atom. The molecular formula is C13H14BrFN2O2S. The molecule has 1 aromatic carbocycles. The van der Waals surface area contributed by atoms with E-state index in [0.29, 0.717) is 36.2 Å². The third kappa shape index (κ3) is 2.99. The number of carbonyl (C=O) groups is 1. The van der Waals surface area contributed by atoms with Gasteiger partial charge in [-0.05, 0) is 47.0 Å². The van der Waals surface area contributed by atoms with Gasteiger partial charge in [0.2, 0.25) is 5.91 Å². The Morgan fingerprint density at radius 1 is 1.45 bits per heavy atom. The Bertz CT molecular complexity index is 547. The van der Waals surface area contributed by atoms with Crippen LogP contribution in [-0.4, -0.2) is 24.1 Å². The average Bonchev–Trinajstić information content (AvgIpc) is 2.43. The number of ether oxygens (including phenoxy) is 1. The second-order valence-corrected chi connectivity index (χ2v) is 5.94. The van der Waals surface area contributed by atoms with Gasteiger partial charge in [-0.2, -0.15) is 0 Å². The van der Waals surface area contributed by atoms with Gasteiger partial charge in [0.05, 0.1) is 9.46 Å². The fourth-order valence-corrected chi connectivity index (χ4v) is 2.67. The molecule has 4 nitrogen and oxygen atoms in total. The standard InChI is InChI=1S/C13H14BrFN2O2S/c14-9-2-1-8(7-10(9)15)17-12(18)13(11(16)20)3-5-19-6-4-13/h1-2,7H,3-6H2,(H2,16,20)(H,17,18). The fourth-order valence-electron chi connectivity index (χ4n) is 2.13. The molecule has 2 rings (SSSR count). The molecule has 1 aliphatic rings. The van der Waals surface area contributed by atoms with Gasteiger partial charge in [0.25, 0.3) is 0 Å². The molecule has 0 unspecified atom stereocenters. The predicted molar refractivity (Wildman–Crippen MR) is 82.0 cm³/mol. The second-order valence-electron chi connectivity index (χ2n) is 4.64. The van der Waals surface area contributed by atoms with Crippen LogP contribution in [0.2, 0.25) is 0 Å². The molecule has 108 valence electrons. The van der Waals surface area contributed by atoms with Gasteiger partial charge in [-0.3, -0.25) is 4.79 Å². The van der Waals surface area contributed by atoms with Crippen LogP contribution in [0.15, 0.2) is 22.7 Å². The highest BCUT2D eigenvalue weighted by Crippen LogP contribution is 2.33. The first-order valence-corrected chi connectivity index (χ1v) is 7.30. The molecule has 1 fully saturated rings. The summed E-state index contributed by atoms with van der Waals surface area (Å²) < 4.78 is 19.0. The number of hydrogen-bond donors (Lipinski definition) is 2. The average molecular weight is 361 g/mol. The van der Waals surface area contributed by atoms with Gasteiger partial charge in [0.1, 0.15) is 11.2 Å². The number of benzene rings is 1. The number of hydrogen-bond acceptors (Lipinski definition) is 3. The zero-order valence-electron chi connectivity index (χ0n) is 10.6. The monoisotopic (exact) mass is 360 g/mol. The van der Waals surface area contributed by atoms with Crippen molar-refractivity contribution in [2.24, 2.45) is 11.1 Å². The highest BCUT2D eigenvalue weighted by Gasteiger charge is 2.43. The summed E-state index contributed by atoms with van der Waals surface area (Å²) in [6.45, 7) is 0.860. The lowest BCUT2D eigenvalue weighted by molar-refractivity contribution is -0.126. The van der Waals surface area contributed by atoms with Gasteiger partial charge in [-0.25, -0.2) is 4.39 Å². The Morgan fingerprint density at radius 3 is 2.65 bits per heavy atom. The highest BCUT2D eigenvalue weighted by molar-refractivity contribution is 9.10. The molecule has 7 heteroatoms. The molecule has 0 atom stereocenters. The second kappa shape index (κ2) is 6.15. The molecule has 1 saturated heterocycles. The van der Waals surface area contributed by atoms with E-state index >= 15 is 0 Å². The van der Waals surface area contributed by atoms with E-state index in [2.05, 4.69) is 21.2 Å². The summed E-state index contributed by atoms with van der Waals surface area (Å²) in [6, 6.07) is 4.38. The van der Waals surface area contributed by atoms with E-state index in [9.17, 15) is 9.18 Å². The van der Waals surface area contributed by atoms with Gasteiger partial charge < -0.3 is 15.8 Å². The smallest absolute Gasteiger partial charge is 0.237 e. The molecule has 3 N–H and O–H groups in total. The number of carbonyl (C=O) groups excluding carboxylic acids is 1. The largest absolute Gasteiger partial charge is 0.392 e. The minimum absolute atomic E-state index is 0.149. The van der Waals surface area contributed by atoms with Crippen molar-refractivity contribution in [2.75, 3.05) is 18.5 Å². The lowest BCUT2D eigenvalue weighted by Gasteiger charge is -2.34. The number of halogens is 2. The Hall–Kier alpha value is -1.05. The quantitative estimate of drug-likeness (QED) is 0.813. The van der Waals surface area contributed by atoms with Crippen LogP contribution in [0.1, 0.15) is 12.8 Å². The zero-order chi connectivity index (χ0) is 14.8. The van der Waals surface area contributed by atoms with Gasteiger partial charge in [-0.15, -0.1) is 0 Å². The molecule has 1 aromatic rings. The Kier molecular flexibility index (Phi) is 4.72. The molecule has 0 radical (unpaired) electrons. The van der Waals surface area contributed by atoms with E-state index in [4.69, 9.17) is 22.7 Å². The number of anilines is 1. The maximum Gasteiger partial charge on any atom is 0.237 e. The van der Waals surface area contributed by atoms with Crippen LogP contribution in [0.3, 0.4) is 0 Å². The lowest BCUT2D eigenvalue weighted by atomic mass is 9.79. The number of amides is 1. The van der Waals surface area contributed by atoms with Crippen molar-refractivity contribution in [3.05, 3.63) is 28.5 Å². The van der Waals surface area contributed by atoms with Gasteiger partial charge in [0, 0.05) is 18.9 Å². The maximum absolute atomic E-state index is 13.5. The SMILES string of the molecule is NC(=S)C1(C(=O)Nc2ccc(Br)c(F)c2)CCOCC1. The van der Waals surface area contributed by atoms with E-state index in [1.165, 1.54) is 12.1 Å². The topological polar surface area (TPSA) is 64.4 Å². The van der Waals surface area contributed by atoms with Crippen LogP contribution in [-0.2, 0) is 9.53 Å². The van der Waals surface area contributed by atoms with Crippen molar-refractivity contribution < 1.29 is 13.9 Å². The third-order valence-corrected chi connectivity index (χ3v) is 4.46. The molecule has 0 bridgehead atoms. The summed E-state index contributed by atoms with van der Waals surface area (Å²) in [7, 11) is 0. The molecular weight excluding hydrogens is 347 g/mol. The van der Waals surface area contributed by atoms with Crippen LogP contribution in [0.5, 0.6) is 0 Å². The van der Waals surface area contributed by atoms with Crippen LogP contribution in [0.4, 0.5) is 10.1 Å². The van der Waals surface area contributed by atoms with Crippen molar-refractivity contribution in [2.45, 2.75) is 12.8 Å². The summed E-state index contributed by atoms with van der Waals surface area (Å²) in [6.07, 6.45) is 0.875. The van der Waals surface area contributed by atoms with E-state index in [-0.39, 0.29) is 10.9 Å². The molecule has 0 saturated carbocycles. The molecule has 0 aromatic heterocycles. The number of nitrogens with one attached hydrogen (secondary N) is 1. The summed E-state index contributed by atoms with van der Waals surface area (Å²) in [4.78, 5) is 12.6. The predicted octanol–water partition coefficient (Wildman–Crippen LogP) is 2.61. The van der Waals surface area contributed by atoms with Gasteiger partial charge >= 0.3 is 0 Å². The molecule has 1 amide bonds. The molecule has 1 heterocycles. The van der Waals surface area contributed by atoms with Crippen molar-refractivity contribution in [1.82, 2.24) is 0 Å². The van der Waals surface area contributed by atoms with Crippen LogP contribution in [0.25, 0.3) is 0 Å². The van der Waals surface area contributed by atoms with Crippen molar-refractivity contribution in [3.8, 4) is 0 Å². The summed E-state index contributed by atoms with van der Waals surface area (Å²) in [5.41, 5.74) is 5.20. The highest BCUT2D eigenvalue weighted by atomic mass is 79.9. The van der Waals surface area contributed by atoms with Crippen molar-refractivity contribution in [1.29, 1.82) is 0 Å². The van der Waals surface area contributed by atoms with Gasteiger partial charge in [0.15, 0.2) is 0 Å². The first-order chi connectivity index (χ1) is 9.45. The number of rotatable bonds is 3. The Balaban J connectivity index is 2.20. The van der Waals surface area contributed by atoms with Crippen LogP contribution >= 0.6 is 28.1 Å². The summed E-state index contributed by atoms with van der Waals surface area (Å²) >= 11 is 8.11. The maximum atomic E-state index is 13.5. The van der Waals surface area contributed by atoms with Crippen molar-refractivity contribution >= 4 is 44.7 Å². The minimum Gasteiger partial charge on any atom is -0.392 e. The Labute approximate surface area is 130 Å². The molecule has 0 aliphatic carbocycles. The lowest BCUT2D eigenvalue weighted by Crippen LogP contribution is -2.49. The first-order valence-electron chi connectivity index (χ1n) is 6.10. The number of thiocarbonyl (C=S) groups is 1. The molecule has 1 aliphatic heterocycles. The molecule has 0 spiro atoms. The minimum atomic E-state index is -0.920. The zero-order valence-corrected chi connectivity index (χ0v) is 13.0. The molecule has 20 heavy (non-hydrogen) atoms. The van der Waals surface area contributed by atoms with Crippen LogP contribution in [0, 0.1) is 11.2 Å². The number of nitrogens with two attached hydrogens (primary N) is 1. The van der Waals surface area contributed by atoms with Gasteiger partial charge in [-0.1, -0.05) is 12.2 Å². The fraction of sp³-hybridized carbons (Fsp3) is 0.385. The summed E-state index contributed by atoms with van der Waals surface area (Å²) in [5, 5.41) is 2.68. The summed E-state index contributed by atoms with van der Waals surface area (Å²) in [5.74, 6) is -0.755. The van der Waals surface area contributed by atoms with E-state index in [0.717, 1.165) is 0 Å². The van der Waals surface area contributed by atoms with E-state index in [1.807, 2.05) is 0 Å². The van der Waals surface area contributed by atoms with Crippen LogP contribution < -0.4 is 11.1 Å². The van der Waals surface area contributed by atoms with E-state index in [1.54, 1.807) is 6.07 Å². The normalized spacial score (nSPS) is 17.5. The van der Waals surface area contributed by atoms with Crippen molar-refractivity contribution in [3.63, 3.8) is 0 Å². The third-order valence-electron chi connectivity index (χ3n) is 3.43.